The smallest absolute Gasteiger partial charge is 0.281 e. The first kappa shape index (κ1) is 21.9. The molecule has 0 radical (unpaired) electrons. The summed E-state index contributed by atoms with van der Waals surface area (Å²) in [4.78, 5) is 12.8. The van der Waals surface area contributed by atoms with Gasteiger partial charge in [0.05, 0.1) is 18.5 Å². The quantitative estimate of drug-likeness (QED) is 0.288. The van der Waals surface area contributed by atoms with Crippen molar-refractivity contribution in [2.75, 3.05) is 11.9 Å². The van der Waals surface area contributed by atoms with Crippen LogP contribution in [0.4, 0.5) is 13.9 Å². The highest BCUT2D eigenvalue weighted by Crippen LogP contribution is 2.30. The molecule has 2 heterocycles. The number of amides is 1. The van der Waals surface area contributed by atoms with Crippen LogP contribution < -0.4 is 10.1 Å². The molecular formula is C21H17F2N5O2S2. The Hall–Kier alpha value is -3.31. The van der Waals surface area contributed by atoms with Crippen LogP contribution >= 0.6 is 23.1 Å². The molecule has 0 fully saturated rings. The topological polar surface area (TPSA) is 81.9 Å². The summed E-state index contributed by atoms with van der Waals surface area (Å²) >= 11 is 2.50. The SMILES string of the molecule is CCOc1cn(-c2ccc(F)cc2)nc1C(=O)Nc1nnc(SCc2ccccc2F)s1. The minimum atomic E-state index is -0.517. The lowest BCUT2D eigenvalue weighted by Gasteiger charge is -2.02. The van der Waals surface area contributed by atoms with Gasteiger partial charge in [-0.15, -0.1) is 10.2 Å². The van der Waals surface area contributed by atoms with Crippen LogP contribution in [0.15, 0.2) is 59.1 Å². The maximum absolute atomic E-state index is 13.8. The highest BCUT2D eigenvalue weighted by Gasteiger charge is 2.20. The molecular weight excluding hydrogens is 456 g/mol. The number of carbonyl (C=O) groups is 1. The summed E-state index contributed by atoms with van der Waals surface area (Å²) in [7, 11) is 0. The summed E-state index contributed by atoms with van der Waals surface area (Å²) in [5.41, 5.74) is 1.20. The van der Waals surface area contributed by atoms with E-state index in [1.807, 2.05) is 0 Å². The fraction of sp³-hybridized carbons (Fsp3) is 0.143. The van der Waals surface area contributed by atoms with Gasteiger partial charge < -0.3 is 4.74 Å². The summed E-state index contributed by atoms with van der Waals surface area (Å²) in [6, 6.07) is 12.2. The van der Waals surface area contributed by atoms with Crippen molar-refractivity contribution in [2.45, 2.75) is 17.0 Å². The average molecular weight is 474 g/mol. The molecule has 0 saturated heterocycles. The standard InChI is InChI=1S/C21H17F2N5O2S2/c1-2-30-17-11-28(15-9-7-14(22)8-10-15)27-18(17)19(29)24-20-25-26-21(32-20)31-12-13-5-3-4-6-16(13)23/h3-11H,2,12H2,1H3,(H,24,25,29). The number of ether oxygens (including phenoxy) is 1. The van der Waals surface area contributed by atoms with Crippen molar-refractivity contribution in [3.05, 3.63) is 77.6 Å². The van der Waals surface area contributed by atoms with Crippen LogP contribution in [0.2, 0.25) is 0 Å². The van der Waals surface area contributed by atoms with Gasteiger partial charge in [-0.3, -0.25) is 10.1 Å². The third-order valence-corrected chi connectivity index (χ3v) is 6.24. The van der Waals surface area contributed by atoms with Gasteiger partial charge in [-0.05, 0) is 42.8 Å². The van der Waals surface area contributed by atoms with Crippen molar-refractivity contribution >= 4 is 34.1 Å². The van der Waals surface area contributed by atoms with Gasteiger partial charge in [-0.2, -0.15) is 5.10 Å². The Morgan fingerprint density at radius 3 is 2.69 bits per heavy atom. The van der Waals surface area contributed by atoms with Crippen LogP contribution in [0.25, 0.3) is 5.69 Å². The van der Waals surface area contributed by atoms with Gasteiger partial charge in [0, 0.05) is 5.75 Å². The summed E-state index contributed by atoms with van der Waals surface area (Å²) in [6.07, 6.45) is 1.56. The molecule has 0 aliphatic rings. The van der Waals surface area contributed by atoms with Crippen molar-refractivity contribution in [1.82, 2.24) is 20.0 Å². The number of benzene rings is 2. The molecule has 1 amide bonds. The lowest BCUT2D eigenvalue weighted by molar-refractivity contribution is 0.101. The zero-order valence-corrected chi connectivity index (χ0v) is 18.4. The molecule has 0 aliphatic heterocycles. The van der Waals surface area contributed by atoms with E-state index in [1.54, 1.807) is 43.5 Å². The number of halogens is 2. The fourth-order valence-electron chi connectivity index (χ4n) is 2.73. The van der Waals surface area contributed by atoms with Crippen LogP contribution in [-0.2, 0) is 5.75 Å². The van der Waals surface area contributed by atoms with E-state index in [4.69, 9.17) is 4.74 Å². The average Bonchev–Trinajstić information content (AvgIpc) is 3.41. The molecule has 164 valence electrons. The predicted octanol–water partition coefficient (Wildman–Crippen LogP) is 4.95. The van der Waals surface area contributed by atoms with Crippen LogP contribution in [0.3, 0.4) is 0 Å². The minimum Gasteiger partial charge on any atom is -0.490 e. The Bertz CT molecular complexity index is 1230. The number of thioether (sulfide) groups is 1. The number of anilines is 1. The number of hydrogen-bond acceptors (Lipinski definition) is 7. The van der Waals surface area contributed by atoms with E-state index in [1.165, 1.54) is 46.0 Å². The second kappa shape index (κ2) is 9.88. The Labute approximate surface area is 190 Å². The van der Waals surface area contributed by atoms with Gasteiger partial charge in [0.2, 0.25) is 5.13 Å². The van der Waals surface area contributed by atoms with Crippen LogP contribution in [0, 0.1) is 11.6 Å². The number of nitrogens with zero attached hydrogens (tertiary/aromatic N) is 4. The molecule has 2 aromatic carbocycles. The first-order chi connectivity index (χ1) is 15.5. The molecule has 0 aliphatic carbocycles. The van der Waals surface area contributed by atoms with Crippen molar-refractivity contribution in [2.24, 2.45) is 0 Å². The van der Waals surface area contributed by atoms with Crippen molar-refractivity contribution in [1.29, 1.82) is 0 Å². The molecule has 0 atom stereocenters. The Morgan fingerprint density at radius 2 is 1.94 bits per heavy atom. The summed E-state index contributed by atoms with van der Waals surface area (Å²) in [5, 5.41) is 15.2. The number of rotatable bonds is 8. The molecule has 0 unspecified atom stereocenters. The first-order valence-corrected chi connectivity index (χ1v) is 11.3. The van der Waals surface area contributed by atoms with E-state index >= 15 is 0 Å². The van der Waals surface area contributed by atoms with Gasteiger partial charge in [-0.25, -0.2) is 13.5 Å². The van der Waals surface area contributed by atoms with Crippen molar-refractivity contribution < 1.29 is 18.3 Å². The van der Waals surface area contributed by atoms with E-state index in [-0.39, 0.29) is 28.2 Å². The maximum Gasteiger partial charge on any atom is 0.281 e. The second-order valence-electron chi connectivity index (χ2n) is 6.40. The summed E-state index contributed by atoms with van der Waals surface area (Å²) in [6.45, 7) is 2.13. The van der Waals surface area contributed by atoms with Crippen LogP contribution in [0.1, 0.15) is 23.0 Å². The van der Waals surface area contributed by atoms with E-state index in [2.05, 4.69) is 20.6 Å². The minimum absolute atomic E-state index is 0.0620. The third kappa shape index (κ3) is 5.11. The van der Waals surface area contributed by atoms with Gasteiger partial charge in [0.25, 0.3) is 5.91 Å². The molecule has 0 saturated carbocycles. The zero-order valence-electron chi connectivity index (χ0n) is 16.8. The Morgan fingerprint density at radius 1 is 1.16 bits per heavy atom. The van der Waals surface area contributed by atoms with Gasteiger partial charge in [0.15, 0.2) is 15.8 Å². The lowest BCUT2D eigenvalue weighted by Crippen LogP contribution is -2.14. The largest absolute Gasteiger partial charge is 0.490 e. The van der Waals surface area contributed by atoms with E-state index in [0.29, 0.717) is 28.0 Å². The zero-order chi connectivity index (χ0) is 22.5. The highest BCUT2D eigenvalue weighted by atomic mass is 32.2. The lowest BCUT2D eigenvalue weighted by atomic mass is 10.2. The molecule has 32 heavy (non-hydrogen) atoms. The summed E-state index contributed by atoms with van der Waals surface area (Å²) < 4.78 is 34.5. The van der Waals surface area contributed by atoms with E-state index < -0.39 is 5.91 Å². The monoisotopic (exact) mass is 473 g/mol. The number of carbonyl (C=O) groups excluding carboxylic acids is 1. The van der Waals surface area contributed by atoms with E-state index in [9.17, 15) is 13.6 Å². The predicted molar refractivity (Wildman–Crippen MR) is 119 cm³/mol. The number of aromatic nitrogens is 4. The number of nitrogens with one attached hydrogen (secondary N) is 1. The maximum atomic E-state index is 13.8. The first-order valence-electron chi connectivity index (χ1n) is 9.53. The molecule has 4 aromatic rings. The molecule has 7 nitrogen and oxygen atoms in total. The molecule has 11 heteroatoms. The third-order valence-electron chi connectivity index (χ3n) is 4.22. The highest BCUT2D eigenvalue weighted by molar-refractivity contribution is 8.00. The molecule has 1 N–H and O–H groups in total. The normalized spacial score (nSPS) is 10.8. The van der Waals surface area contributed by atoms with Crippen molar-refractivity contribution in [3.8, 4) is 11.4 Å². The van der Waals surface area contributed by atoms with Crippen molar-refractivity contribution in [3.63, 3.8) is 0 Å². The Kier molecular flexibility index (Phi) is 6.76. The second-order valence-corrected chi connectivity index (χ2v) is 8.60. The fourth-order valence-corrected chi connectivity index (χ4v) is 4.47. The summed E-state index contributed by atoms with van der Waals surface area (Å²) in [5.74, 6) is -0.488. The van der Waals surface area contributed by atoms with Crippen LogP contribution in [0.5, 0.6) is 5.75 Å². The van der Waals surface area contributed by atoms with E-state index in [0.717, 1.165) is 0 Å². The molecule has 4 rings (SSSR count). The molecule has 2 aromatic heterocycles. The molecule has 0 bridgehead atoms. The van der Waals surface area contributed by atoms with Crippen LogP contribution in [-0.4, -0.2) is 32.5 Å². The van der Waals surface area contributed by atoms with Gasteiger partial charge in [-0.1, -0.05) is 41.3 Å². The molecule has 0 spiro atoms. The Balaban J connectivity index is 1.46. The van der Waals surface area contributed by atoms with Gasteiger partial charge in [0.1, 0.15) is 11.6 Å². The number of hydrogen-bond donors (Lipinski definition) is 1. The van der Waals surface area contributed by atoms with Gasteiger partial charge >= 0.3 is 0 Å².